The van der Waals surface area contributed by atoms with Crippen molar-refractivity contribution in [3.8, 4) is 0 Å². The summed E-state index contributed by atoms with van der Waals surface area (Å²) in [4.78, 5) is 19.3. The van der Waals surface area contributed by atoms with E-state index in [-0.39, 0.29) is 5.91 Å². The fourth-order valence-electron chi connectivity index (χ4n) is 3.49. The highest BCUT2D eigenvalue weighted by Crippen LogP contribution is 2.30. The summed E-state index contributed by atoms with van der Waals surface area (Å²) < 4.78 is 5.09. The zero-order valence-corrected chi connectivity index (χ0v) is 14.4. The Morgan fingerprint density at radius 2 is 2.21 bits per heavy atom. The van der Waals surface area contributed by atoms with Crippen molar-refractivity contribution < 1.29 is 9.32 Å². The predicted octanol–water partition coefficient (Wildman–Crippen LogP) is 1.96. The number of rotatable bonds is 4. The van der Waals surface area contributed by atoms with Crippen LogP contribution in [0.2, 0.25) is 0 Å². The predicted molar refractivity (Wildman–Crippen MR) is 90.8 cm³/mol. The van der Waals surface area contributed by atoms with Crippen molar-refractivity contribution in [1.82, 2.24) is 20.4 Å². The van der Waals surface area contributed by atoms with Gasteiger partial charge in [0.15, 0.2) is 0 Å². The fraction of sp³-hybridized carbons (Fsp3) is 0.471. The first-order chi connectivity index (χ1) is 11.7. The van der Waals surface area contributed by atoms with Crippen LogP contribution in [0, 0.1) is 18.8 Å². The van der Waals surface area contributed by atoms with Gasteiger partial charge in [0.05, 0.1) is 11.3 Å². The van der Waals surface area contributed by atoms with Gasteiger partial charge in [-0.3, -0.25) is 4.79 Å². The molecule has 2 atom stereocenters. The molecule has 2 aromatic heterocycles. The summed E-state index contributed by atoms with van der Waals surface area (Å²) in [6.07, 6.45) is 1.73. The highest BCUT2D eigenvalue weighted by atomic mass is 32.2. The summed E-state index contributed by atoms with van der Waals surface area (Å²) in [5.41, 5.74) is 1.55. The van der Waals surface area contributed by atoms with Crippen LogP contribution in [0.5, 0.6) is 0 Å². The van der Waals surface area contributed by atoms with E-state index in [1.165, 1.54) is 11.8 Å². The fourth-order valence-corrected chi connectivity index (χ4v) is 4.36. The molecule has 7 heteroatoms. The van der Waals surface area contributed by atoms with Crippen LogP contribution in [-0.4, -0.2) is 47.1 Å². The maximum atomic E-state index is 12.9. The average Bonchev–Trinajstić information content (AvgIpc) is 3.28. The standard InChI is InChI=1S/C17H20N4O2S/c1-11-5-14(20-23-11)10-24-16-15(3-2-4-19-16)17(22)21-8-12-6-18-7-13(12)9-21/h2-5,12-13,18H,6-10H2,1H3/t12-,13+. The van der Waals surface area contributed by atoms with Gasteiger partial charge in [-0.1, -0.05) is 16.9 Å². The monoisotopic (exact) mass is 344 g/mol. The molecule has 24 heavy (non-hydrogen) atoms. The highest BCUT2D eigenvalue weighted by Gasteiger charge is 2.38. The van der Waals surface area contributed by atoms with Crippen molar-refractivity contribution in [2.45, 2.75) is 17.7 Å². The lowest BCUT2D eigenvalue weighted by atomic mass is 10.0. The minimum atomic E-state index is 0.0938. The third-order valence-corrected chi connectivity index (χ3v) is 5.75. The van der Waals surface area contributed by atoms with Gasteiger partial charge < -0.3 is 14.7 Å². The molecule has 1 amide bonds. The Bertz CT molecular complexity index is 736. The molecular weight excluding hydrogens is 324 g/mol. The van der Waals surface area contributed by atoms with E-state index in [1.807, 2.05) is 30.0 Å². The molecule has 2 aromatic rings. The van der Waals surface area contributed by atoms with Gasteiger partial charge in [-0.15, -0.1) is 0 Å². The first-order valence-corrected chi connectivity index (χ1v) is 9.19. The van der Waals surface area contributed by atoms with Crippen molar-refractivity contribution in [3.63, 3.8) is 0 Å². The molecule has 4 heterocycles. The van der Waals surface area contributed by atoms with E-state index < -0.39 is 0 Å². The number of hydrogen-bond acceptors (Lipinski definition) is 6. The number of fused-ring (bicyclic) bond motifs is 1. The average molecular weight is 344 g/mol. The lowest BCUT2D eigenvalue weighted by Crippen LogP contribution is -2.32. The highest BCUT2D eigenvalue weighted by molar-refractivity contribution is 7.98. The number of likely N-dealkylation sites (tertiary alicyclic amines) is 1. The molecule has 1 N–H and O–H groups in total. The smallest absolute Gasteiger partial charge is 0.256 e. The number of aryl methyl sites for hydroxylation is 1. The maximum absolute atomic E-state index is 12.9. The van der Waals surface area contributed by atoms with Crippen LogP contribution in [0.1, 0.15) is 21.8 Å². The number of pyridine rings is 1. The molecular formula is C17H20N4O2S. The Labute approximate surface area is 145 Å². The lowest BCUT2D eigenvalue weighted by molar-refractivity contribution is 0.0777. The molecule has 2 aliphatic rings. The minimum Gasteiger partial charge on any atom is -0.361 e. The van der Waals surface area contributed by atoms with Gasteiger partial charge in [-0.05, 0) is 30.9 Å². The molecule has 6 nitrogen and oxygen atoms in total. The number of carbonyl (C=O) groups excluding carboxylic acids is 1. The Hall–Kier alpha value is -1.86. The molecule has 2 saturated heterocycles. The summed E-state index contributed by atoms with van der Waals surface area (Å²) in [5, 5.41) is 8.16. The second-order valence-electron chi connectivity index (χ2n) is 6.46. The summed E-state index contributed by atoms with van der Waals surface area (Å²) >= 11 is 1.53. The molecule has 126 valence electrons. The number of aromatic nitrogens is 2. The Morgan fingerprint density at radius 3 is 2.92 bits per heavy atom. The summed E-state index contributed by atoms with van der Waals surface area (Å²) in [6, 6.07) is 5.61. The van der Waals surface area contributed by atoms with Crippen LogP contribution in [0.15, 0.2) is 33.9 Å². The first-order valence-electron chi connectivity index (χ1n) is 8.20. The van der Waals surface area contributed by atoms with E-state index >= 15 is 0 Å². The van der Waals surface area contributed by atoms with Crippen LogP contribution in [-0.2, 0) is 5.75 Å². The van der Waals surface area contributed by atoms with Crippen molar-refractivity contribution >= 4 is 17.7 Å². The van der Waals surface area contributed by atoms with Crippen LogP contribution in [0.25, 0.3) is 0 Å². The van der Waals surface area contributed by atoms with E-state index in [4.69, 9.17) is 4.52 Å². The molecule has 2 fully saturated rings. The molecule has 0 saturated carbocycles. The second-order valence-corrected chi connectivity index (χ2v) is 7.43. The van der Waals surface area contributed by atoms with Gasteiger partial charge in [-0.2, -0.15) is 0 Å². The zero-order valence-electron chi connectivity index (χ0n) is 13.6. The molecule has 0 aliphatic carbocycles. The quantitative estimate of drug-likeness (QED) is 0.855. The van der Waals surface area contributed by atoms with Gasteiger partial charge in [-0.25, -0.2) is 4.98 Å². The Morgan fingerprint density at radius 1 is 1.42 bits per heavy atom. The summed E-state index contributed by atoms with van der Waals surface area (Å²) in [7, 11) is 0. The normalized spacial score (nSPS) is 22.8. The third kappa shape index (κ3) is 3.06. The maximum Gasteiger partial charge on any atom is 0.256 e. The van der Waals surface area contributed by atoms with Gasteiger partial charge in [0, 0.05) is 44.2 Å². The molecule has 0 radical (unpaired) electrons. The van der Waals surface area contributed by atoms with E-state index in [9.17, 15) is 4.79 Å². The van der Waals surface area contributed by atoms with E-state index in [1.54, 1.807) is 6.20 Å². The van der Waals surface area contributed by atoms with Gasteiger partial charge in [0.2, 0.25) is 0 Å². The molecule has 0 unspecified atom stereocenters. The lowest BCUT2D eigenvalue weighted by Gasteiger charge is -2.18. The van der Waals surface area contributed by atoms with Crippen molar-refractivity contribution in [2.24, 2.45) is 11.8 Å². The summed E-state index contributed by atoms with van der Waals surface area (Å²) in [6.45, 7) is 5.61. The van der Waals surface area contributed by atoms with Crippen LogP contribution >= 0.6 is 11.8 Å². The number of carbonyl (C=O) groups is 1. The second kappa shape index (κ2) is 6.57. The van der Waals surface area contributed by atoms with Crippen LogP contribution in [0.3, 0.4) is 0 Å². The van der Waals surface area contributed by atoms with Crippen LogP contribution < -0.4 is 5.32 Å². The summed E-state index contributed by atoms with van der Waals surface area (Å²) in [5.74, 6) is 2.72. The van der Waals surface area contributed by atoms with Gasteiger partial charge >= 0.3 is 0 Å². The van der Waals surface area contributed by atoms with Gasteiger partial charge in [0.1, 0.15) is 10.8 Å². The SMILES string of the molecule is Cc1cc(CSc2ncccc2C(=O)N2C[C@H]3CNC[C@H]3C2)no1. The van der Waals surface area contributed by atoms with Crippen LogP contribution in [0.4, 0.5) is 0 Å². The van der Waals surface area contributed by atoms with Crippen molar-refractivity contribution in [3.05, 3.63) is 41.4 Å². The van der Waals surface area contributed by atoms with Crippen molar-refractivity contribution in [1.29, 1.82) is 0 Å². The number of amides is 1. The molecule has 4 rings (SSSR count). The Balaban J connectivity index is 1.47. The van der Waals surface area contributed by atoms with E-state index in [0.29, 0.717) is 23.2 Å². The molecule has 0 spiro atoms. The minimum absolute atomic E-state index is 0.0938. The topological polar surface area (TPSA) is 71.3 Å². The number of hydrogen-bond donors (Lipinski definition) is 1. The van der Waals surface area contributed by atoms with Gasteiger partial charge in [0.25, 0.3) is 5.91 Å². The molecule has 0 bridgehead atoms. The first kappa shape index (κ1) is 15.7. The zero-order chi connectivity index (χ0) is 16.5. The largest absolute Gasteiger partial charge is 0.361 e. The number of nitrogens with one attached hydrogen (secondary N) is 1. The molecule has 2 aliphatic heterocycles. The number of nitrogens with zero attached hydrogens (tertiary/aromatic N) is 3. The Kier molecular flexibility index (Phi) is 4.28. The molecule has 0 aromatic carbocycles. The van der Waals surface area contributed by atoms with E-state index in [2.05, 4.69) is 15.5 Å². The van der Waals surface area contributed by atoms with Crippen molar-refractivity contribution in [2.75, 3.05) is 26.2 Å². The third-order valence-electron chi connectivity index (χ3n) is 4.71. The number of thioether (sulfide) groups is 1. The van der Waals surface area contributed by atoms with E-state index in [0.717, 1.165) is 42.7 Å².